The first-order valence-corrected chi connectivity index (χ1v) is 3.11. The number of carbonyl (C=O) groups is 1. The van der Waals surface area contributed by atoms with Crippen LogP contribution in [0.4, 0.5) is 0 Å². The van der Waals surface area contributed by atoms with E-state index in [9.17, 15) is 4.79 Å². The number of pyridine rings is 1. The Morgan fingerprint density at radius 3 is 2.73 bits per heavy atom. The second kappa shape index (κ2) is 3.47. The van der Waals surface area contributed by atoms with E-state index in [1.54, 1.807) is 12.1 Å². The Morgan fingerprint density at radius 2 is 2.18 bits per heavy atom. The summed E-state index contributed by atoms with van der Waals surface area (Å²) in [5, 5.41) is 0. The van der Waals surface area contributed by atoms with Gasteiger partial charge in [-0.05, 0) is 12.1 Å². The van der Waals surface area contributed by atoms with Gasteiger partial charge in [-0.15, -0.1) is 0 Å². The van der Waals surface area contributed by atoms with Crippen LogP contribution in [0.25, 0.3) is 4.85 Å². The number of ketones is 1. The summed E-state index contributed by atoms with van der Waals surface area (Å²) in [4.78, 5) is 17.8. The van der Waals surface area contributed by atoms with Gasteiger partial charge in [0, 0.05) is 18.0 Å². The molecule has 1 aromatic heterocycles. The smallest absolute Gasteiger partial charge is 0.276 e. The lowest BCUT2D eigenvalue weighted by Crippen LogP contribution is -2.00. The van der Waals surface area contributed by atoms with Crippen LogP contribution in [0.1, 0.15) is 10.4 Å². The average Bonchev–Trinajstić information content (AvgIpc) is 2.07. The minimum atomic E-state index is -0.151. The molecule has 0 aliphatic heterocycles. The third-order valence-corrected chi connectivity index (χ3v) is 1.22. The molecule has 0 amide bonds. The standard InChI is InChI=1S/C8H6N2O/c1-9-6-8(11)7-2-4-10-5-3-7/h2-5H,6H2. The van der Waals surface area contributed by atoms with Crippen molar-refractivity contribution in [3.63, 3.8) is 0 Å². The molecular formula is C8H6N2O. The van der Waals surface area contributed by atoms with Crippen molar-refractivity contribution in [2.45, 2.75) is 0 Å². The van der Waals surface area contributed by atoms with Crippen molar-refractivity contribution in [2.24, 2.45) is 0 Å². The Kier molecular flexibility index (Phi) is 2.34. The average molecular weight is 146 g/mol. The molecule has 1 aromatic rings. The fourth-order valence-electron chi connectivity index (χ4n) is 0.701. The largest absolute Gasteiger partial charge is 0.308 e. The molecule has 0 spiro atoms. The van der Waals surface area contributed by atoms with Gasteiger partial charge in [-0.3, -0.25) is 9.78 Å². The van der Waals surface area contributed by atoms with E-state index in [0.29, 0.717) is 5.56 Å². The molecule has 0 unspecified atom stereocenters. The van der Waals surface area contributed by atoms with Crippen LogP contribution < -0.4 is 0 Å². The maximum absolute atomic E-state index is 11.0. The molecule has 1 rings (SSSR count). The highest BCUT2D eigenvalue weighted by Gasteiger charge is 2.05. The molecule has 0 fully saturated rings. The molecule has 0 saturated heterocycles. The van der Waals surface area contributed by atoms with Gasteiger partial charge in [-0.1, -0.05) is 0 Å². The summed E-state index contributed by atoms with van der Waals surface area (Å²) < 4.78 is 0. The zero-order valence-corrected chi connectivity index (χ0v) is 5.82. The van der Waals surface area contributed by atoms with E-state index in [2.05, 4.69) is 9.83 Å². The molecule has 0 atom stereocenters. The summed E-state index contributed by atoms with van der Waals surface area (Å²) in [7, 11) is 0. The molecule has 1 heterocycles. The lowest BCUT2D eigenvalue weighted by Gasteiger charge is -1.90. The van der Waals surface area contributed by atoms with Gasteiger partial charge in [0.1, 0.15) is 0 Å². The van der Waals surface area contributed by atoms with Crippen molar-refractivity contribution >= 4 is 5.78 Å². The molecule has 0 bridgehead atoms. The summed E-state index contributed by atoms with van der Waals surface area (Å²) >= 11 is 0. The molecule has 0 N–H and O–H groups in total. The highest BCUT2D eigenvalue weighted by atomic mass is 16.1. The second-order valence-electron chi connectivity index (χ2n) is 1.98. The Morgan fingerprint density at radius 1 is 1.55 bits per heavy atom. The Balaban J connectivity index is 2.79. The van der Waals surface area contributed by atoms with Crippen LogP contribution in [0.2, 0.25) is 0 Å². The maximum Gasteiger partial charge on any atom is 0.276 e. The van der Waals surface area contributed by atoms with Crippen LogP contribution in [0.15, 0.2) is 24.5 Å². The molecule has 0 saturated carbocycles. The van der Waals surface area contributed by atoms with Crippen LogP contribution in [-0.4, -0.2) is 17.3 Å². The molecule has 3 heteroatoms. The van der Waals surface area contributed by atoms with Gasteiger partial charge in [-0.25, -0.2) is 6.57 Å². The molecule has 0 aromatic carbocycles. The van der Waals surface area contributed by atoms with Crippen molar-refractivity contribution in [3.8, 4) is 0 Å². The topological polar surface area (TPSA) is 34.3 Å². The normalized spacial score (nSPS) is 8.64. The fraction of sp³-hybridized carbons (Fsp3) is 0.125. The minimum absolute atomic E-state index is 0.0794. The summed E-state index contributed by atoms with van der Waals surface area (Å²) in [6.07, 6.45) is 3.08. The van der Waals surface area contributed by atoms with E-state index in [1.807, 2.05) is 0 Å². The first-order chi connectivity index (χ1) is 5.34. The molecule has 0 aliphatic carbocycles. The van der Waals surface area contributed by atoms with Gasteiger partial charge in [0.15, 0.2) is 0 Å². The molecule has 3 nitrogen and oxygen atoms in total. The third-order valence-electron chi connectivity index (χ3n) is 1.22. The predicted molar refractivity (Wildman–Crippen MR) is 40.0 cm³/mol. The Labute approximate surface area is 64.5 Å². The number of Topliss-reactive ketones (excluding diaryl/α,β-unsaturated/α-hetero) is 1. The van der Waals surface area contributed by atoms with E-state index >= 15 is 0 Å². The van der Waals surface area contributed by atoms with Crippen LogP contribution in [0, 0.1) is 6.57 Å². The van der Waals surface area contributed by atoms with E-state index in [-0.39, 0.29) is 12.3 Å². The maximum atomic E-state index is 11.0. The SMILES string of the molecule is [C-]#[N+]CC(=O)c1ccncc1. The van der Waals surface area contributed by atoms with Crippen molar-refractivity contribution in [2.75, 3.05) is 6.54 Å². The Hall–Kier alpha value is -1.69. The van der Waals surface area contributed by atoms with E-state index in [0.717, 1.165) is 0 Å². The molecule has 0 aliphatic rings. The lowest BCUT2D eigenvalue weighted by molar-refractivity contribution is 0.101. The van der Waals surface area contributed by atoms with Gasteiger partial charge in [-0.2, -0.15) is 0 Å². The van der Waals surface area contributed by atoms with Gasteiger partial charge < -0.3 is 4.85 Å². The van der Waals surface area contributed by atoms with Crippen LogP contribution in [-0.2, 0) is 0 Å². The number of nitrogens with zero attached hydrogens (tertiary/aromatic N) is 2. The summed E-state index contributed by atoms with van der Waals surface area (Å²) in [6.45, 7) is 6.39. The van der Waals surface area contributed by atoms with Crippen molar-refractivity contribution in [1.82, 2.24) is 4.98 Å². The van der Waals surface area contributed by atoms with Gasteiger partial charge >= 0.3 is 0 Å². The first kappa shape index (κ1) is 7.42. The summed E-state index contributed by atoms with van der Waals surface area (Å²) in [6, 6.07) is 3.21. The number of hydrogen-bond donors (Lipinski definition) is 0. The van der Waals surface area contributed by atoms with Gasteiger partial charge in [0.25, 0.3) is 6.54 Å². The first-order valence-electron chi connectivity index (χ1n) is 3.11. The molecule has 11 heavy (non-hydrogen) atoms. The predicted octanol–water partition coefficient (Wildman–Crippen LogP) is 1.18. The van der Waals surface area contributed by atoms with E-state index in [4.69, 9.17) is 6.57 Å². The Bertz CT molecular complexity index is 287. The molecule has 54 valence electrons. The number of rotatable bonds is 2. The zero-order valence-electron chi connectivity index (χ0n) is 5.82. The highest BCUT2D eigenvalue weighted by molar-refractivity contribution is 5.98. The quantitative estimate of drug-likeness (QED) is 0.464. The van der Waals surface area contributed by atoms with E-state index < -0.39 is 0 Å². The number of carbonyl (C=O) groups excluding carboxylic acids is 1. The fourth-order valence-corrected chi connectivity index (χ4v) is 0.701. The van der Waals surface area contributed by atoms with Crippen LogP contribution in [0.5, 0.6) is 0 Å². The molecule has 0 radical (unpaired) electrons. The van der Waals surface area contributed by atoms with Crippen molar-refractivity contribution in [1.29, 1.82) is 0 Å². The third kappa shape index (κ3) is 1.87. The van der Waals surface area contributed by atoms with Crippen LogP contribution >= 0.6 is 0 Å². The minimum Gasteiger partial charge on any atom is -0.308 e. The van der Waals surface area contributed by atoms with Crippen LogP contribution in [0.3, 0.4) is 0 Å². The number of hydrogen-bond acceptors (Lipinski definition) is 2. The number of aromatic nitrogens is 1. The lowest BCUT2D eigenvalue weighted by atomic mass is 10.2. The zero-order chi connectivity index (χ0) is 8.10. The van der Waals surface area contributed by atoms with Gasteiger partial charge in [0.05, 0.1) is 0 Å². The van der Waals surface area contributed by atoms with Crippen molar-refractivity contribution < 1.29 is 4.79 Å². The second-order valence-corrected chi connectivity index (χ2v) is 1.98. The summed E-state index contributed by atoms with van der Waals surface area (Å²) in [5.74, 6) is -0.151. The molecular weight excluding hydrogens is 140 g/mol. The van der Waals surface area contributed by atoms with E-state index in [1.165, 1.54) is 12.4 Å². The highest BCUT2D eigenvalue weighted by Crippen LogP contribution is 1.97. The summed E-state index contributed by atoms with van der Waals surface area (Å²) in [5.41, 5.74) is 0.552. The monoisotopic (exact) mass is 146 g/mol. The van der Waals surface area contributed by atoms with Crippen molar-refractivity contribution in [3.05, 3.63) is 41.5 Å². The van der Waals surface area contributed by atoms with Gasteiger partial charge in [0.2, 0.25) is 5.78 Å².